The number of anilines is 1. The van der Waals surface area contributed by atoms with Gasteiger partial charge in [-0.25, -0.2) is 14.8 Å². The fraction of sp³-hybridized carbons (Fsp3) is 0.444. The van der Waals surface area contributed by atoms with Crippen LogP contribution in [0.5, 0.6) is 0 Å². The average Bonchev–Trinajstić information content (AvgIpc) is 3.44. The predicted molar refractivity (Wildman–Crippen MR) is 101 cm³/mol. The van der Waals surface area contributed by atoms with Crippen molar-refractivity contribution in [1.82, 2.24) is 14.9 Å². The number of aliphatic carboxylic acids is 1. The van der Waals surface area contributed by atoms with Crippen molar-refractivity contribution in [2.24, 2.45) is 11.8 Å². The zero-order valence-corrected chi connectivity index (χ0v) is 16.4. The minimum absolute atomic E-state index is 0.113. The number of carbonyl (C=O) groups excluding carboxylic acids is 1. The topological polar surface area (TPSA) is 105 Å². The normalized spacial score (nSPS) is 22.8. The number of likely N-dealkylation sites (tertiary alicyclic amines) is 1. The van der Waals surface area contributed by atoms with Crippen molar-refractivity contribution in [2.75, 3.05) is 31.6 Å². The van der Waals surface area contributed by atoms with Gasteiger partial charge in [-0.15, -0.1) is 0 Å². The van der Waals surface area contributed by atoms with Gasteiger partial charge in [0.1, 0.15) is 0 Å². The fourth-order valence-corrected chi connectivity index (χ4v) is 3.99. The van der Waals surface area contributed by atoms with Crippen LogP contribution in [0, 0.1) is 11.8 Å². The van der Waals surface area contributed by atoms with Gasteiger partial charge in [-0.05, 0) is 17.5 Å². The average molecular weight is 444 g/mol. The third-order valence-corrected chi connectivity index (χ3v) is 5.51. The first kappa shape index (κ1) is 22.0. The maximum Gasteiger partial charge on any atom is 0.490 e. The molecule has 2 fully saturated rings. The molecule has 1 amide bonds. The number of alkyl halides is 3. The highest BCUT2D eigenvalue weighted by atomic mass is 32.1. The molecule has 2 aromatic rings. The molecule has 3 atom stereocenters. The summed E-state index contributed by atoms with van der Waals surface area (Å²) in [6.07, 6.45) is -1.48. The van der Waals surface area contributed by atoms with E-state index in [-0.39, 0.29) is 12.0 Å². The first-order valence-corrected chi connectivity index (χ1v) is 9.94. The molecule has 0 saturated carbocycles. The predicted octanol–water partition coefficient (Wildman–Crippen LogP) is 2.37. The van der Waals surface area contributed by atoms with E-state index in [2.05, 4.69) is 15.3 Å². The molecule has 2 aromatic heterocycles. The summed E-state index contributed by atoms with van der Waals surface area (Å²) in [5.41, 5.74) is 0.780. The standard InChI is InChI=1S/C16H18N4O2S.C2HF3O2/c21-15(11-2-5-23-10-11)20-7-13-12(9-22-14(13)8-20)6-19-16-17-3-1-4-18-16;3-2(4,5)1(6)7/h1-5,10,12-14H,6-9H2,(H,17,18,19);(H,6,7)/t12-,13+,14+;/m0./s1. The maximum absolute atomic E-state index is 12.5. The monoisotopic (exact) mass is 444 g/mol. The molecule has 2 aliphatic heterocycles. The van der Waals surface area contributed by atoms with Gasteiger partial charge in [0.25, 0.3) is 5.91 Å². The SMILES string of the molecule is O=C(O)C(F)(F)F.O=C(c1ccsc1)N1C[C@@H]2[C@@H](CNc3ncccn3)CO[C@@H]2C1. The summed E-state index contributed by atoms with van der Waals surface area (Å²) in [5.74, 6) is -1.24. The van der Waals surface area contributed by atoms with E-state index in [9.17, 15) is 18.0 Å². The summed E-state index contributed by atoms with van der Waals surface area (Å²) in [5, 5.41) is 14.2. The van der Waals surface area contributed by atoms with Crippen molar-refractivity contribution in [3.8, 4) is 0 Å². The molecule has 2 aliphatic rings. The lowest BCUT2D eigenvalue weighted by molar-refractivity contribution is -0.192. The lowest BCUT2D eigenvalue weighted by Gasteiger charge is -2.19. The van der Waals surface area contributed by atoms with Crippen LogP contribution in [-0.4, -0.2) is 70.4 Å². The van der Waals surface area contributed by atoms with E-state index < -0.39 is 12.1 Å². The summed E-state index contributed by atoms with van der Waals surface area (Å²) in [6.45, 7) is 2.96. The highest BCUT2D eigenvalue weighted by Crippen LogP contribution is 2.34. The van der Waals surface area contributed by atoms with Crippen LogP contribution < -0.4 is 5.32 Å². The number of aromatic nitrogens is 2. The molecule has 4 heterocycles. The Kier molecular flexibility index (Phi) is 6.87. The quantitative estimate of drug-likeness (QED) is 0.746. The van der Waals surface area contributed by atoms with Crippen molar-refractivity contribution in [2.45, 2.75) is 12.3 Å². The smallest absolute Gasteiger partial charge is 0.475 e. The summed E-state index contributed by atoms with van der Waals surface area (Å²) in [4.78, 5) is 31.6. The highest BCUT2D eigenvalue weighted by molar-refractivity contribution is 7.08. The first-order valence-electron chi connectivity index (χ1n) is 8.99. The molecule has 30 heavy (non-hydrogen) atoms. The minimum Gasteiger partial charge on any atom is -0.475 e. The van der Waals surface area contributed by atoms with E-state index in [0.717, 1.165) is 25.3 Å². The van der Waals surface area contributed by atoms with Crippen LogP contribution in [0.3, 0.4) is 0 Å². The summed E-state index contributed by atoms with van der Waals surface area (Å²) >= 11 is 1.55. The van der Waals surface area contributed by atoms with Gasteiger partial charge in [0, 0.05) is 49.2 Å². The van der Waals surface area contributed by atoms with Gasteiger partial charge in [0.05, 0.1) is 18.3 Å². The Morgan fingerprint density at radius 3 is 2.60 bits per heavy atom. The molecule has 0 aromatic carbocycles. The first-order chi connectivity index (χ1) is 14.3. The Balaban J connectivity index is 0.000000318. The summed E-state index contributed by atoms with van der Waals surface area (Å²) in [6, 6.07) is 3.68. The Morgan fingerprint density at radius 2 is 2.00 bits per heavy atom. The van der Waals surface area contributed by atoms with Crippen molar-refractivity contribution < 1.29 is 32.6 Å². The number of fused-ring (bicyclic) bond motifs is 1. The number of halogens is 3. The zero-order chi connectivity index (χ0) is 21.7. The Hall–Kier alpha value is -2.73. The van der Waals surface area contributed by atoms with Gasteiger partial charge in [-0.2, -0.15) is 24.5 Å². The Morgan fingerprint density at radius 1 is 1.30 bits per heavy atom. The molecular formula is C18H19F3N4O4S. The third kappa shape index (κ3) is 5.45. The van der Waals surface area contributed by atoms with Gasteiger partial charge in [0.2, 0.25) is 5.95 Å². The lowest BCUT2D eigenvalue weighted by Crippen LogP contribution is -2.32. The van der Waals surface area contributed by atoms with E-state index >= 15 is 0 Å². The number of nitrogens with one attached hydrogen (secondary N) is 1. The maximum atomic E-state index is 12.5. The molecule has 0 aliphatic carbocycles. The van der Waals surface area contributed by atoms with E-state index in [0.29, 0.717) is 24.3 Å². The Labute approximate surface area is 173 Å². The minimum atomic E-state index is -5.08. The number of thiophene rings is 1. The number of amides is 1. The molecule has 12 heteroatoms. The number of carboxylic acids is 1. The lowest BCUT2D eigenvalue weighted by atomic mass is 9.93. The number of hydrogen-bond acceptors (Lipinski definition) is 7. The van der Waals surface area contributed by atoms with Crippen LogP contribution in [0.15, 0.2) is 35.3 Å². The number of hydrogen-bond donors (Lipinski definition) is 2. The van der Waals surface area contributed by atoms with Crippen molar-refractivity contribution in [3.63, 3.8) is 0 Å². The van der Waals surface area contributed by atoms with Crippen LogP contribution >= 0.6 is 11.3 Å². The van der Waals surface area contributed by atoms with E-state index in [1.54, 1.807) is 29.8 Å². The molecule has 0 unspecified atom stereocenters. The van der Waals surface area contributed by atoms with Gasteiger partial charge in [-0.3, -0.25) is 4.79 Å². The Bertz CT molecular complexity index is 851. The number of carboxylic acid groups (broad SMARTS) is 1. The third-order valence-electron chi connectivity index (χ3n) is 4.82. The van der Waals surface area contributed by atoms with Crippen LogP contribution in [0.1, 0.15) is 10.4 Å². The van der Waals surface area contributed by atoms with Crippen LogP contribution in [0.25, 0.3) is 0 Å². The molecule has 0 spiro atoms. The largest absolute Gasteiger partial charge is 0.490 e. The van der Waals surface area contributed by atoms with Gasteiger partial charge >= 0.3 is 12.1 Å². The zero-order valence-electron chi connectivity index (χ0n) is 15.6. The second-order valence-electron chi connectivity index (χ2n) is 6.77. The van der Waals surface area contributed by atoms with Crippen molar-refractivity contribution in [3.05, 3.63) is 40.8 Å². The summed E-state index contributed by atoms with van der Waals surface area (Å²) in [7, 11) is 0. The van der Waals surface area contributed by atoms with Gasteiger partial charge < -0.3 is 20.1 Å². The molecule has 2 saturated heterocycles. The van der Waals surface area contributed by atoms with E-state index in [1.807, 2.05) is 21.7 Å². The van der Waals surface area contributed by atoms with Crippen LogP contribution in [0.4, 0.5) is 19.1 Å². The van der Waals surface area contributed by atoms with Crippen molar-refractivity contribution in [1.29, 1.82) is 0 Å². The highest BCUT2D eigenvalue weighted by Gasteiger charge is 2.45. The molecule has 4 rings (SSSR count). The van der Waals surface area contributed by atoms with Crippen molar-refractivity contribution >= 4 is 29.2 Å². The number of nitrogens with zero attached hydrogens (tertiary/aromatic N) is 3. The molecule has 2 N–H and O–H groups in total. The molecule has 162 valence electrons. The van der Waals surface area contributed by atoms with E-state index in [1.165, 1.54) is 0 Å². The number of ether oxygens (including phenoxy) is 1. The molecule has 0 radical (unpaired) electrons. The fourth-order valence-electron chi connectivity index (χ4n) is 3.36. The van der Waals surface area contributed by atoms with Crippen LogP contribution in [0.2, 0.25) is 0 Å². The van der Waals surface area contributed by atoms with E-state index in [4.69, 9.17) is 14.6 Å². The number of carbonyl (C=O) groups is 2. The second-order valence-corrected chi connectivity index (χ2v) is 7.55. The van der Waals surface area contributed by atoms with Crippen LogP contribution in [-0.2, 0) is 9.53 Å². The van der Waals surface area contributed by atoms with Gasteiger partial charge in [0.15, 0.2) is 0 Å². The molecule has 8 nitrogen and oxygen atoms in total. The van der Waals surface area contributed by atoms with Gasteiger partial charge in [-0.1, -0.05) is 0 Å². The number of rotatable bonds is 4. The summed E-state index contributed by atoms with van der Waals surface area (Å²) < 4.78 is 37.6. The second kappa shape index (κ2) is 9.39. The molecular weight excluding hydrogens is 425 g/mol. The molecule has 0 bridgehead atoms.